The Bertz CT molecular complexity index is 419. The third-order valence-electron chi connectivity index (χ3n) is 3.71. The van der Waals surface area contributed by atoms with Gasteiger partial charge < -0.3 is 11.1 Å². The molecule has 6 heteroatoms. The molecule has 0 saturated heterocycles. The molecular weight excluding hydrogens is 264 g/mol. The second-order valence-electron chi connectivity index (χ2n) is 5.28. The molecule has 2 rings (SSSR count). The SMILES string of the molecule is CC(C)n1nccc1NC(=O)[C@@H]1CCC[C@@H]1CN.Cl. The molecule has 1 heterocycles. The maximum atomic E-state index is 12.2. The van der Waals surface area contributed by atoms with Gasteiger partial charge in [0.1, 0.15) is 5.82 Å². The number of carbonyl (C=O) groups is 1. The van der Waals surface area contributed by atoms with Crippen molar-refractivity contribution in [2.45, 2.75) is 39.2 Å². The number of nitrogens with two attached hydrogens (primary N) is 1. The molecule has 0 aliphatic heterocycles. The average Bonchev–Trinajstić information content (AvgIpc) is 2.96. The molecule has 5 nitrogen and oxygen atoms in total. The summed E-state index contributed by atoms with van der Waals surface area (Å²) >= 11 is 0. The summed E-state index contributed by atoms with van der Waals surface area (Å²) in [4.78, 5) is 12.2. The van der Waals surface area contributed by atoms with Crippen molar-refractivity contribution in [2.75, 3.05) is 11.9 Å². The number of nitrogens with one attached hydrogen (secondary N) is 1. The Balaban J connectivity index is 0.00000180. The number of amides is 1. The predicted molar refractivity (Wildman–Crippen MR) is 78.4 cm³/mol. The van der Waals surface area contributed by atoms with E-state index in [4.69, 9.17) is 5.73 Å². The molecule has 108 valence electrons. The summed E-state index contributed by atoms with van der Waals surface area (Å²) < 4.78 is 1.82. The quantitative estimate of drug-likeness (QED) is 0.891. The van der Waals surface area contributed by atoms with E-state index in [1.54, 1.807) is 6.20 Å². The second kappa shape index (κ2) is 6.91. The van der Waals surface area contributed by atoms with Crippen LogP contribution in [0.5, 0.6) is 0 Å². The zero-order chi connectivity index (χ0) is 13.1. The van der Waals surface area contributed by atoms with Crippen molar-refractivity contribution in [1.29, 1.82) is 0 Å². The maximum Gasteiger partial charge on any atom is 0.228 e. The van der Waals surface area contributed by atoms with E-state index in [0.29, 0.717) is 12.5 Å². The second-order valence-corrected chi connectivity index (χ2v) is 5.28. The minimum absolute atomic E-state index is 0. The van der Waals surface area contributed by atoms with Crippen LogP contribution in [0.4, 0.5) is 5.82 Å². The molecule has 0 spiro atoms. The van der Waals surface area contributed by atoms with Gasteiger partial charge in [-0.05, 0) is 39.2 Å². The van der Waals surface area contributed by atoms with Crippen molar-refractivity contribution >= 4 is 24.1 Å². The Labute approximate surface area is 120 Å². The molecule has 0 unspecified atom stereocenters. The Morgan fingerprint density at radius 3 is 2.95 bits per heavy atom. The van der Waals surface area contributed by atoms with Gasteiger partial charge >= 0.3 is 0 Å². The maximum absolute atomic E-state index is 12.2. The van der Waals surface area contributed by atoms with E-state index in [-0.39, 0.29) is 30.3 Å². The smallest absolute Gasteiger partial charge is 0.228 e. The molecule has 1 aliphatic rings. The summed E-state index contributed by atoms with van der Waals surface area (Å²) in [6.45, 7) is 4.68. The molecular formula is C13H23ClN4O. The Kier molecular flexibility index (Phi) is 5.82. The highest BCUT2D eigenvalue weighted by Crippen LogP contribution is 2.31. The summed E-state index contributed by atoms with van der Waals surface area (Å²) in [7, 11) is 0. The van der Waals surface area contributed by atoms with Gasteiger partial charge in [-0.3, -0.25) is 4.79 Å². The fourth-order valence-corrected chi connectivity index (χ4v) is 2.71. The average molecular weight is 287 g/mol. The molecule has 0 aromatic carbocycles. The van der Waals surface area contributed by atoms with Gasteiger partial charge in [-0.15, -0.1) is 12.4 Å². The molecule has 0 radical (unpaired) electrons. The third kappa shape index (κ3) is 3.48. The summed E-state index contributed by atoms with van der Waals surface area (Å²) in [5, 5.41) is 7.20. The minimum atomic E-state index is 0. The lowest BCUT2D eigenvalue weighted by atomic mass is 9.95. The van der Waals surface area contributed by atoms with Crippen LogP contribution in [0.2, 0.25) is 0 Å². The number of halogens is 1. The lowest BCUT2D eigenvalue weighted by Crippen LogP contribution is -2.30. The molecule has 1 aromatic rings. The van der Waals surface area contributed by atoms with Gasteiger partial charge in [-0.1, -0.05) is 6.42 Å². The molecule has 0 bridgehead atoms. The van der Waals surface area contributed by atoms with Crippen molar-refractivity contribution in [1.82, 2.24) is 9.78 Å². The Morgan fingerprint density at radius 1 is 1.58 bits per heavy atom. The molecule has 1 fully saturated rings. The number of hydrogen-bond donors (Lipinski definition) is 2. The largest absolute Gasteiger partial charge is 0.330 e. The predicted octanol–water partition coefficient (Wildman–Crippen LogP) is 2.20. The number of hydrogen-bond acceptors (Lipinski definition) is 3. The highest BCUT2D eigenvalue weighted by Gasteiger charge is 2.32. The van der Waals surface area contributed by atoms with Gasteiger partial charge in [0, 0.05) is 18.0 Å². The minimum Gasteiger partial charge on any atom is -0.330 e. The highest BCUT2D eigenvalue weighted by molar-refractivity contribution is 5.92. The van der Waals surface area contributed by atoms with Crippen LogP contribution in [0.1, 0.15) is 39.2 Å². The Morgan fingerprint density at radius 2 is 2.32 bits per heavy atom. The highest BCUT2D eigenvalue weighted by atomic mass is 35.5. The van der Waals surface area contributed by atoms with E-state index in [2.05, 4.69) is 10.4 Å². The van der Waals surface area contributed by atoms with Gasteiger partial charge in [0.25, 0.3) is 0 Å². The van der Waals surface area contributed by atoms with Gasteiger partial charge in [0.2, 0.25) is 5.91 Å². The fraction of sp³-hybridized carbons (Fsp3) is 0.692. The van der Waals surface area contributed by atoms with E-state index in [9.17, 15) is 4.79 Å². The summed E-state index contributed by atoms with van der Waals surface area (Å²) in [5.41, 5.74) is 5.72. The van der Waals surface area contributed by atoms with Gasteiger partial charge in [-0.25, -0.2) is 4.68 Å². The van der Waals surface area contributed by atoms with Crippen molar-refractivity contribution in [2.24, 2.45) is 17.6 Å². The molecule has 1 saturated carbocycles. The summed E-state index contributed by atoms with van der Waals surface area (Å²) in [5.74, 6) is 1.26. The van der Waals surface area contributed by atoms with Crippen molar-refractivity contribution in [3.8, 4) is 0 Å². The molecule has 19 heavy (non-hydrogen) atoms. The molecule has 2 atom stereocenters. The van der Waals surface area contributed by atoms with Crippen molar-refractivity contribution < 1.29 is 4.79 Å². The van der Waals surface area contributed by atoms with E-state index in [1.165, 1.54) is 0 Å². The number of aromatic nitrogens is 2. The topological polar surface area (TPSA) is 72.9 Å². The van der Waals surface area contributed by atoms with Crippen LogP contribution >= 0.6 is 12.4 Å². The van der Waals surface area contributed by atoms with Crippen LogP contribution in [0, 0.1) is 11.8 Å². The first-order valence-corrected chi connectivity index (χ1v) is 6.68. The van der Waals surface area contributed by atoms with E-state index in [0.717, 1.165) is 25.1 Å². The number of nitrogens with zero attached hydrogens (tertiary/aromatic N) is 2. The van der Waals surface area contributed by atoms with Crippen LogP contribution in [-0.2, 0) is 4.79 Å². The van der Waals surface area contributed by atoms with Crippen LogP contribution in [0.25, 0.3) is 0 Å². The van der Waals surface area contributed by atoms with Crippen LogP contribution < -0.4 is 11.1 Å². The van der Waals surface area contributed by atoms with Gasteiger partial charge in [0.15, 0.2) is 0 Å². The lowest BCUT2D eigenvalue weighted by Gasteiger charge is -2.18. The Hall–Kier alpha value is -1.07. The molecule has 1 amide bonds. The van der Waals surface area contributed by atoms with Crippen molar-refractivity contribution in [3.63, 3.8) is 0 Å². The van der Waals surface area contributed by atoms with Crippen LogP contribution in [-0.4, -0.2) is 22.2 Å². The lowest BCUT2D eigenvalue weighted by molar-refractivity contribution is -0.120. The normalized spacial score (nSPS) is 22.3. The molecule has 1 aromatic heterocycles. The van der Waals surface area contributed by atoms with Crippen molar-refractivity contribution in [3.05, 3.63) is 12.3 Å². The zero-order valence-electron chi connectivity index (χ0n) is 11.5. The standard InChI is InChI=1S/C13H22N4O.ClH/c1-9(2)17-12(6-7-15-17)16-13(18)11-5-3-4-10(11)8-14;/h6-7,9-11H,3-5,8,14H2,1-2H3,(H,16,18);1H/t10-,11-;/m1./s1. The monoisotopic (exact) mass is 286 g/mol. The van der Waals surface area contributed by atoms with Gasteiger partial charge in [0.05, 0.1) is 6.20 Å². The first kappa shape index (κ1) is 16.0. The molecule has 3 N–H and O–H groups in total. The molecule has 1 aliphatic carbocycles. The van der Waals surface area contributed by atoms with Gasteiger partial charge in [-0.2, -0.15) is 5.10 Å². The number of carbonyl (C=O) groups excluding carboxylic acids is 1. The van der Waals surface area contributed by atoms with E-state index < -0.39 is 0 Å². The zero-order valence-corrected chi connectivity index (χ0v) is 12.3. The number of anilines is 1. The number of rotatable bonds is 4. The first-order valence-electron chi connectivity index (χ1n) is 6.68. The van der Waals surface area contributed by atoms with E-state index >= 15 is 0 Å². The van der Waals surface area contributed by atoms with Crippen LogP contribution in [0.3, 0.4) is 0 Å². The van der Waals surface area contributed by atoms with Crippen LogP contribution in [0.15, 0.2) is 12.3 Å². The fourth-order valence-electron chi connectivity index (χ4n) is 2.71. The summed E-state index contributed by atoms with van der Waals surface area (Å²) in [6.07, 6.45) is 4.83. The van der Waals surface area contributed by atoms with E-state index in [1.807, 2.05) is 24.6 Å². The first-order chi connectivity index (χ1) is 8.63. The third-order valence-corrected chi connectivity index (χ3v) is 3.71. The summed E-state index contributed by atoms with van der Waals surface area (Å²) in [6, 6.07) is 2.08.